The number of fused-ring (bicyclic) bond motifs is 1. The lowest BCUT2D eigenvalue weighted by atomic mass is 10.1. The summed E-state index contributed by atoms with van der Waals surface area (Å²) >= 11 is 0. The highest BCUT2D eigenvalue weighted by Crippen LogP contribution is 2.35. The maximum absolute atomic E-state index is 6.16. The molecule has 0 aliphatic heterocycles. The Hall–Kier alpha value is -3.34. The number of pyridine rings is 1. The predicted molar refractivity (Wildman–Crippen MR) is 108 cm³/mol. The van der Waals surface area contributed by atoms with Crippen molar-refractivity contribution in [3.05, 3.63) is 78.1 Å². The molecule has 0 bridgehead atoms. The normalized spacial score (nSPS) is 10.9. The SMILES string of the molecule is CCCc1ccc(OCc2ccccc2)c2c(Nc3cccnc3)n[nH]c12. The first-order valence-electron chi connectivity index (χ1n) is 9.19. The fourth-order valence-electron chi connectivity index (χ4n) is 3.15. The van der Waals surface area contributed by atoms with Crippen molar-refractivity contribution in [1.29, 1.82) is 0 Å². The summed E-state index contributed by atoms with van der Waals surface area (Å²) in [6.45, 7) is 2.69. The fraction of sp³-hybridized carbons (Fsp3) is 0.182. The molecule has 0 amide bonds. The quantitative estimate of drug-likeness (QED) is 0.475. The minimum atomic E-state index is 0.514. The van der Waals surface area contributed by atoms with E-state index in [1.54, 1.807) is 12.4 Å². The zero-order valence-corrected chi connectivity index (χ0v) is 15.3. The van der Waals surface area contributed by atoms with E-state index >= 15 is 0 Å². The van der Waals surface area contributed by atoms with Crippen molar-refractivity contribution in [1.82, 2.24) is 15.2 Å². The molecule has 5 heteroatoms. The Morgan fingerprint density at radius 2 is 1.93 bits per heavy atom. The molecule has 0 aliphatic rings. The number of hydrogen-bond donors (Lipinski definition) is 2. The lowest BCUT2D eigenvalue weighted by Gasteiger charge is -2.11. The van der Waals surface area contributed by atoms with Gasteiger partial charge in [0, 0.05) is 6.20 Å². The molecule has 0 unspecified atom stereocenters. The average molecular weight is 358 g/mol. The molecule has 2 heterocycles. The van der Waals surface area contributed by atoms with Gasteiger partial charge in [-0.25, -0.2) is 0 Å². The largest absolute Gasteiger partial charge is 0.488 e. The molecule has 5 nitrogen and oxygen atoms in total. The zero-order valence-electron chi connectivity index (χ0n) is 15.3. The second-order valence-corrected chi connectivity index (χ2v) is 6.44. The number of H-pyrrole nitrogens is 1. The molecule has 4 aromatic rings. The van der Waals surface area contributed by atoms with Crippen LogP contribution in [0, 0.1) is 0 Å². The first kappa shape index (κ1) is 17.1. The van der Waals surface area contributed by atoms with Gasteiger partial charge in [0.15, 0.2) is 5.82 Å². The molecule has 27 heavy (non-hydrogen) atoms. The van der Waals surface area contributed by atoms with Gasteiger partial charge in [-0.15, -0.1) is 0 Å². The second-order valence-electron chi connectivity index (χ2n) is 6.44. The highest BCUT2D eigenvalue weighted by molar-refractivity contribution is 5.98. The Morgan fingerprint density at radius 1 is 1.04 bits per heavy atom. The second kappa shape index (κ2) is 7.91. The van der Waals surface area contributed by atoms with E-state index < -0.39 is 0 Å². The fourth-order valence-corrected chi connectivity index (χ4v) is 3.15. The van der Waals surface area contributed by atoms with Crippen molar-refractivity contribution in [2.24, 2.45) is 0 Å². The number of nitrogens with one attached hydrogen (secondary N) is 2. The van der Waals surface area contributed by atoms with Gasteiger partial charge in [-0.05, 0) is 35.7 Å². The summed E-state index contributed by atoms with van der Waals surface area (Å²) < 4.78 is 6.16. The van der Waals surface area contributed by atoms with Crippen LogP contribution in [0.4, 0.5) is 11.5 Å². The first-order valence-corrected chi connectivity index (χ1v) is 9.19. The van der Waals surface area contributed by atoms with Crippen LogP contribution < -0.4 is 10.1 Å². The van der Waals surface area contributed by atoms with Gasteiger partial charge in [0.1, 0.15) is 12.4 Å². The molecule has 2 N–H and O–H groups in total. The minimum absolute atomic E-state index is 0.514. The van der Waals surface area contributed by atoms with Crippen molar-refractivity contribution >= 4 is 22.4 Å². The van der Waals surface area contributed by atoms with Crippen molar-refractivity contribution < 1.29 is 4.74 Å². The Balaban J connectivity index is 1.71. The molecular weight excluding hydrogens is 336 g/mol. The number of aryl methyl sites for hydroxylation is 1. The molecular formula is C22H22N4O. The molecule has 4 rings (SSSR count). The van der Waals surface area contributed by atoms with Crippen molar-refractivity contribution in [3.8, 4) is 5.75 Å². The van der Waals surface area contributed by atoms with Crippen LogP contribution in [-0.4, -0.2) is 15.2 Å². The summed E-state index contributed by atoms with van der Waals surface area (Å²) in [6, 6.07) is 18.2. The van der Waals surface area contributed by atoms with Crippen molar-refractivity contribution in [3.63, 3.8) is 0 Å². The average Bonchev–Trinajstić information content (AvgIpc) is 3.13. The molecule has 0 atom stereocenters. The molecule has 0 fully saturated rings. The highest BCUT2D eigenvalue weighted by Gasteiger charge is 2.15. The van der Waals surface area contributed by atoms with E-state index in [0.29, 0.717) is 6.61 Å². The van der Waals surface area contributed by atoms with Crippen LogP contribution in [0.5, 0.6) is 5.75 Å². The first-order chi connectivity index (χ1) is 13.3. The van der Waals surface area contributed by atoms with Gasteiger partial charge in [-0.2, -0.15) is 5.10 Å². The number of benzene rings is 2. The monoisotopic (exact) mass is 358 g/mol. The Morgan fingerprint density at radius 3 is 2.70 bits per heavy atom. The predicted octanol–water partition coefficient (Wildman–Crippen LogP) is 5.23. The van der Waals surface area contributed by atoms with Crippen LogP contribution in [0.2, 0.25) is 0 Å². The van der Waals surface area contributed by atoms with Gasteiger partial charge in [0.25, 0.3) is 0 Å². The molecule has 0 aliphatic carbocycles. The van der Waals surface area contributed by atoms with Gasteiger partial charge in [0.05, 0.1) is 22.8 Å². The standard InChI is InChI=1S/C22H22N4O/c1-2-7-17-11-12-19(27-15-16-8-4-3-5-9-16)20-21(17)25-26-22(20)24-18-10-6-13-23-14-18/h3-6,8-14H,2,7,15H2,1H3,(H2,24,25,26). The molecule has 0 saturated heterocycles. The van der Waals surface area contributed by atoms with Crippen molar-refractivity contribution in [2.75, 3.05) is 5.32 Å². The van der Waals surface area contributed by atoms with E-state index in [2.05, 4.69) is 45.6 Å². The summed E-state index contributed by atoms with van der Waals surface area (Å²) in [5.74, 6) is 1.56. The maximum atomic E-state index is 6.16. The zero-order chi connectivity index (χ0) is 18.5. The van der Waals surface area contributed by atoms with Crippen LogP contribution in [0.1, 0.15) is 24.5 Å². The van der Waals surface area contributed by atoms with Crippen LogP contribution >= 0.6 is 0 Å². The highest BCUT2D eigenvalue weighted by atomic mass is 16.5. The van der Waals surface area contributed by atoms with Crippen molar-refractivity contribution in [2.45, 2.75) is 26.4 Å². The number of anilines is 2. The smallest absolute Gasteiger partial charge is 0.163 e. The number of nitrogens with zero attached hydrogens (tertiary/aromatic N) is 2. The summed E-state index contributed by atoms with van der Waals surface area (Å²) in [6.07, 6.45) is 5.59. The Kier molecular flexibility index (Phi) is 5.01. The van der Waals surface area contributed by atoms with E-state index in [0.717, 1.165) is 46.6 Å². The maximum Gasteiger partial charge on any atom is 0.163 e. The Labute approximate surface area is 158 Å². The van der Waals surface area contributed by atoms with E-state index in [1.165, 1.54) is 5.56 Å². The molecule has 2 aromatic heterocycles. The number of ether oxygens (including phenoxy) is 1. The van der Waals surface area contributed by atoms with Gasteiger partial charge in [-0.3, -0.25) is 10.1 Å². The number of aromatic amines is 1. The van der Waals surface area contributed by atoms with Gasteiger partial charge >= 0.3 is 0 Å². The van der Waals surface area contributed by atoms with Gasteiger partial charge < -0.3 is 10.1 Å². The third-order valence-electron chi connectivity index (χ3n) is 4.45. The Bertz CT molecular complexity index is 1010. The van der Waals surface area contributed by atoms with E-state index in [-0.39, 0.29) is 0 Å². The van der Waals surface area contributed by atoms with Crippen LogP contribution in [0.25, 0.3) is 10.9 Å². The topological polar surface area (TPSA) is 62.8 Å². The molecule has 2 aromatic carbocycles. The van der Waals surface area contributed by atoms with E-state index in [9.17, 15) is 0 Å². The third-order valence-corrected chi connectivity index (χ3v) is 4.45. The molecule has 136 valence electrons. The molecule has 0 saturated carbocycles. The number of hydrogen-bond acceptors (Lipinski definition) is 4. The number of rotatable bonds is 7. The van der Waals surface area contributed by atoms with Gasteiger partial charge in [-0.1, -0.05) is 49.7 Å². The van der Waals surface area contributed by atoms with Crippen LogP contribution in [0.15, 0.2) is 67.0 Å². The summed E-state index contributed by atoms with van der Waals surface area (Å²) in [5.41, 5.74) is 4.29. The number of aromatic nitrogens is 3. The lowest BCUT2D eigenvalue weighted by Crippen LogP contribution is -1.98. The van der Waals surface area contributed by atoms with Crippen LogP contribution in [-0.2, 0) is 13.0 Å². The minimum Gasteiger partial charge on any atom is -0.488 e. The molecule has 0 radical (unpaired) electrons. The lowest BCUT2D eigenvalue weighted by molar-refractivity contribution is 0.310. The summed E-state index contributed by atoms with van der Waals surface area (Å²) in [4.78, 5) is 4.16. The van der Waals surface area contributed by atoms with E-state index in [4.69, 9.17) is 4.74 Å². The summed E-state index contributed by atoms with van der Waals surface area (Å²) in [5, 5.41) is 12.0. The molecule has 0 spiro atoms. The summed E-state index contributed by atoms with van der Waals surface area (Å²) in [7, 11) is 0. The van der Waals surface area contributed by atoms with Crippen LogP contribution in [0.3, 0.4) is 0 Å². The van der Waals surface area contributed by atoms with E-state index in [1.807, 2.05) is 36.4 Å². The third kappa shape index (κ3) is 3.77. The van der Waals surface area contributed by atoms with Gasteiger partial charge in [0.2, 0.25) is 0 Å².